The lowest BCUT2D eigenvalue weighted by molar-refractivity contribution is -0.171. The molecular formula is C18H25NO9. The predicted octanol–water partition coefficient (Wildman–Crippen LogP) is 0.270. The van der Waals surface area contributed by atoms with Gasteiger partial charge in [0.15, 0.2) is 0 Å². The Morgan fingerprint density at radius 1 is 1.07 bits per heavy atom. The Bertz CT molecular complexity index is 668. The Balaban J connectivity index is 2.40. The van der Waals surface area contributed by atoms with Crippen molar-refractivity contribution in [2.75, 3.05) is 19.8 Å². The number of carboxylic acids is 2. The lowest BCUT2D eigenvalue weighted by Crippen LogP contribution is -2.70. The maximum atomic E-state index is 11.7. The molecule has 0 aromatic carbocycles. The van der Waals surface area contributed by atoms with Gasteiger partial charge in [-0.05, 0) is 20.8 Å². The first kappa shape index (κ1) is 23.3. The van der Waals surface area contributed by atoms with Crippen LogP contribution in [0.25, 0.3) is 0 Å². The summed E-state index contributed by atoms with van der Waals surface area (Å²) < 4.78 is 16.0. The number of rotatable bonds is 11. The molecule has 1 fully saturated rings. The highest BCUT2D eigenvalue weighted by Crippen LogP contribution is 2.26. The summed E-state index contributed by atoms with van der Waals surface area (Å²) in [4.78, 5) is 43.8. The third-order valence-corrected chi connectivity index (χ3v) is 4.08. The third-order valence-electron chi connectivity index (χ3n) is 4.08. The van der Waals surface area contributed by atoms with Gasteiger partial charge in [0.2, 0.25) is 0 Å². The third kappa shape index (κ3) is 8.31. The minimum atomic E-state index is -1.24. The van der Waals surface area contributed by atoms with E-state index in [0.29, 0.717) is 25.1 Å². The second-order valence-corrected chi connectivity index (χ2v) is 7.00. The van der Waals surface area contributed by atoms with Gasteiger partial charge >= 0.3 is 23.9 Å². The van der Waals surface area contributed by atoms with Gasteiger partial charge in [-0.1, -0.05) is 0 Å². The largest absolute Gasteiger partial charge is 0.478 e. The summed E-state index contributed by atoms with van der Waals surface area (Å²) in [6.45, 7) is 5.97. The molecule has 2 unspecified atom stereocenters. The van der Waals surface area contributed by atoms with Crippen molar-refractivity contribution < 1.29 is 43.6 Å². The van der Waals surface area contributed by atoms with Crippen LogP contribution in [0.4, 0.5) is 0 Å². The number of aliphatic carboxylic acids is 2. The van der Waals surface area contributed by atoms with Crippen LogP contribution in [0.5, 0.6) is 0 Å². The molecule has 28 heavy (non-hydrogen) atoms. The molecule has 1 heterocycles. The molecule has 3 N–H and O–H groups in total. The summed E-state index contributed by atoms with van der Waals surface area (Å²) in [5.41, 5.74) is -1.48. The van der Waals surface area contributed by atoms with Crippen molar-refractivity contribution in [2.24, 2.45) is 0 Å². The van der Waals surface area contributed by atoms with Crippen molar-refractivity contribution in [3.8, 4) is 0 Å². The van der Waals surface area contributed by atoms with Crippen molar-refractivity contribution in [3.63, 3.8) is 0 Å². The second kappa shape index (κ2) is 10.00. The number of carbonyl (C=O) groups excluding carboxylic acids is 2. The van der Waals surface area contributed by atoms with E-state index in [1.165, 1.54) is 0 Å². The maximum absolute atomic E-state index is 11.7. The van der Waals surface area contributed by atoms with Gasteiger partial charge in [-0.2, -0.15) is 0 Å². The quantitative estimate of drug-likeness (QED) is 0.326. The van der Waals surface area contributed by atoms with E-state index in [4.69, 9.17) is 24.4 Å². The normalized spacial score (nSPS) is 22.0. The first-order valence-corrected chi connectivity index (χ1v) is 8.53. The zero-order chi connectivity index (χ0) is 21.4. The molecule has 1 rings (SSSR count). The smallest absolute Gasteiger partial charge is 0.331 e. The Morgan fingerprint density at radius 2 is 1.64 bits per heavy atom. The Kier molecular flexibility index (Phi) is 8.33. The van der Waals surface area contributed by atoms with Gasteiger partial charge in [0, 0.05) is 37.3 Å². The monoisotopic (exact) mass is 399 g/mol. The molecule has 10 nitrogen and oxygen atoms in total. The van der Waals surface area contributed by atoms with Crippen molar-refractivity contribution in [1.29, 1.82) is 0 Å². The van der Waals surface area contributed by atoms with E-state index >= 15 is 0 Å². The van der Waals surface area contributed by atoms with Crippen molar-refractivity contribution in [3.05, 3.63) is 24.3 Å². The Labute approximate surface area is 162 Å². The molecule has 2 atom stereocenters. The van der Waals surface area contributed by atoms with Crippen LogP contribution < -0.4 is 5.32 Å². The molecule has 0 aromatic heterocycles. The number of nitrogens with one attached hydrogen (secondary N) is 1. The summed E-state index contributed by atoms with van der Waals surface area (Å²) in [5.74, 6) is -3.99. The van der Waals surface area contributed by atoms with E-state index in [1.54, 1.807) is 20.8 Å². The molecule has 156 valence electrons. The minimum Gasteiger partial charge on any atom is -0.478 e. The molecule has 0 amide bonds. The zero-order valence-electron chi connectivity index (χ0n) is 16.0. The summed E-state index contributed by atoms with van der Waals surface area (Å²) in [6, 6.07) is -0.282. The van der Waals surface area contributed by atoms with E-state index in [0.717, 1.165) is 12.2 Å². The predicted molar refractivity (Wildman–Crippen MR) is 95.4 cm³/mol. The fourth-order valence-corrected chi connectivity index (χ4v) is 2.25. The van der Waals surface area contributed by atoms with Gasteiger partial charge in [-0.15, -0.1) is 0 Å². The topological polar surface area (TPSA) is 148 Å². The number of ether oxygens (including phenoxy) is 3. The molecule has 1 saturated heterocycles. The second-order valence-electron chi connectivity index (χ2n) is 7.00. The molecule has 1 aliphatic rings. The Hall–Kier alpha value is -2.72. The van der Waals surface area contributed by atoms with Crippen LogP contribution in [0.15, 0.2) is 24.3 Å². The van der Waals surface area contributed by atoms with Gasteiger partial charge in [-0.3, -0.25) is 0 Å². The van der Waals surface area contributed by atoms with Crippen molar-refractivity contribution >= 4 is 23.9 Å². The van der Waals surface area contributed by atoms with Gasteiger partial charge in [0.25, 0.3) is 0 Å². The average molecular weight is 399 g/mol. The molecule has 1 aliphatic heterocycles. The number of carbonyl (C=O) groups is 4. The van der Waals surface area contributed by atoms with Crippen molar-refractivity contribution in [2.45, 2.75) is 44.4 Å². The van der Waals surface area contributed by atoms with Crippen LogP contribution in [0.1, 0.15) is 27.2 Å². The molecule has 0 radical (unpaired) electrons. The van der Waals surface area contributed by atoms with E-state index in [-0.39, 0.29) is 19.3 Å². The Morgan fingerprint density at radius 3 is 2.14 bits per heavy atom. The first-order valence-electron chi connectivity index (χ1n) is 8.53. The van der Waals surface area contributed by atoms with Crippen molar-refractivity contribution in [1.82, 2.24) is 5.32 Å². The van der Waals surface area contributed by atoms with E-state index in [9.17, 15) is 19.2 Å². The molecule has 0 saturated carbocycles. The standard InChI is InChI=1S/C18H25NO9/c1-17(2,8-9-26-15(24)6-4-13(20)21)27-10-12-18(3,11-19-12)28-16(25)7-5-14(22)23/h4-7,12,19H,8-11H2,1-3H3,(H,20,21)(H,22,23). The highest BCUT2D eigenvalue weighted by atomic mass is 16.6. The van der Waals surface area contributed by atoms with Gasteiger partial charge in [-0.25, -0.2) is 19.2 Å². The lowest BCUT2D eigenvalue weighted by Gasteiger charge is -2.47. The number of esters is 2. The summed E-state index contributed by atoms with van der Waals surface area (Å²) in [5, 5.41) is 20.1. The van der Waals surface area contributed by atoms with E-state index < -0.39 is 35.1 Å². The zero-order valence-corrected chi connectivity index (χ0v) is 16.0. The fourth-order valence-electron chi connectivity index (χ4n) is 2.25. The van der Waals surface area contributed by atoms with Gasteiger partial charge < -0.3 is 29.7 Å². The number of hydrogen-bond donors (Lipinski definition) is 3. The van der Waals surface area contributed by atoms with Crippen LogP contribution >= 0.6 is 0 Å². The molecule has 10 heteroatoms. The van der Waals surface area contributed by atoms with Gasteiger partial charge in [0.05, 0.1) is 24.9 Å². The molecule has 0 aromatic rings. The van der Waals surface area contributed by atoms with Crippen LogP contribution in [0.3, 0.4) is 0 Å². The molecule has 0 spiro atoms. The molecule has 0 bridgehead atoms. The average Bonchev–Trinajstić information content (AvgIpc) is 2.57. The summed E-state index contributed by atoms with van der Waals surface area (Å²) in [6.07, 6.45) is 3.44. The molecular weight excluding hydrogens is 374 g/mol. The number of hydrogen-bond acceptors (Lipinski definition) is 8. The highest BCUT2D eigenvalue weighted by molar-refractivity contribution is 5.91. The van der Waals surface area contributed by atoms with Crippen LogP contribution in [0, 0.1) is 0 Å². The number of carboxylic acid groups (broad SMARTS) is 2. The minimum absolute atomic E-state index is 0.0418. The summed E-state index contributed by atoms with van der Waals surface area (Å²) in [7, 11) is 0. The first-order chi connectivity index (χ1) is 12.9. The lowest BCUT2D eigenvalue weighted by atomic mass is 9.88. The highest BCUT2D eigenvalue weighted by Gasteiger charge is 2.46. The SMILES string of the molecule is CC(C)(CCOC(=O)C=CC(=O)O)OCC1NCC1(C)OC(=O)C=CC(=O)O. The van der Waals surface area contributed by atoms with Crippen LogP contribution in [-0.4, -0.2) is 71.1 Å². The maximum Gasteiger partial charge on any atom is 0.331 e. The fraction of sp³-hybridized carbons (Fsp3) is 0.556. The van der Waals surface area contributed by atoms with Gasteiger partial charge in [0.1, 0.15) is 5.60 Å². The van der Waals surface area contributed by atoms with E-state index in [2.05, 4.69) is 5.32 Å². The van der Waals surface area contributed by atoms with E-state index in [1.807, 2.05) is 0 Å². The van der Waals surface area contributed by atoms with Crippen LogP contribution in [0.2, 0.25) is 0 Å². The molecule has 0 aliphatic carbocycles. The summed E-state index contributed by atoms with van der Waals surface area (Å²) >= 11 is 0. The van der Waals surface area contributed by atoms with Crippen LogP contribution in [-0.2, 0) is 33.4 Å².